The highest BCUT2D eigenvalue weighted by Crippen LogP contribution is 2.29. The van der Waals surface area contributed by atoms with Gasteiger partial charge in [0.25, 0.3) is 0 Å². The molecule has 1 aromatic rings. The third-order valence-electron chi connectivity index (χ3n) is 3.11. The highest BCUT2D eigenvalue weighted by Gasteiger charge is 2.30. The minimum absolute atomic E-state index is 0.0418. The Morgan fingerprint density at radius 3 is 2.78 bits per heavy atom. The van der Waals surface area contributed by atoms with Gasteiger partial charge in [-0.1, -0.05) is 6.07 Å². The SMILES string of the molecule is COC(=O)c1cccc(N2CC(S)CC2=O)c1C. The lowest BCUT2D eigenvalue weighted by Crippen LogP contribution is -2.26. The van der Waals surface area contributed by atoms with Crippen molar-refractivity contribution in [1.29, 1.82) is 0 Å². The predicted octanol–water partition coefficient (Wildman–Crippen LogP) is 1.82. The Hall–Kier alpha value is -1.49. The van der Waals surface area contributed by atoms with E-state index in [1.54, 1.807) is 17.0 Å². The Bertz CT molecular complexity index is 501. The zero-order chi connectivity index (χ0) is 13.3. The summed E-state index contributed by atoms with van der Waals surface area (Å²) in [5, 5.41) is 0.0543. The van der Waals surface area contributed by atoms with E-state index in [1.165, 1.54) is 7.11 Å². The summed E-state index contributed by atoms with van der Waals surface area (Å²) in [6, 6.07) is 5.29. The van der Waals surface area contributed by atoms with Crippen molar-refractivity contribution in [2.45, 2.75) is 18.6 Å². The molecule has 1 saturated heterocycles. The normalized spacial score (nSPS) is 19.2. The van der Waals surface area contributed by atoms with Gasteiger partial charge in [0.05, 0.1) is 12.7 Å². The number of thiol groups is 1. The van der Waals surface area contributed by atoms with Gasteiger partial charge in [-0.15, -0.1) is 0 Å². The molecule has 96 valence electrons. The van der Waals surface area contributed by atoms with Gasteiger partial charge in [-0.25, -0.2) is 4.79 Å². The fourth-order valence-corrected chi connectivity index (χ4v) is 2.49. The Kier molecular flexibility index (Phi) is 3.61. The Morgan fingerprint density at radius 2 is 2.22 bits per heavy atom. The van der Waals surface area contributed by atoms with Crippen LogP contribution in [0, 0.1) is 6.92 Å². The average Bonchev–Trinajstić information content (AvgIpc) is 2.68. The number of nitrogens with zero attached hydrogens (tertiary/aromatic N) is 1. The number of ether oxygens (including phenoxy) is 1. The van der Waals surface area contributed by atoms with Crippen molar-refractivity contribution in [3.05, 3.63) is 29.3 Å². The van der Waals surface area contributed by atoms with Crippen LogP contribution >= 0.6 is 12.6 Å². The molecule has 0 saturated carbocycles. The first-order valence-electron chi connectivity index (χ1n) is 5.71. The molecular weight excluding hydrogens is 250 g/mol. The molecule has 2 rings (SSSR count). The molecule has 1 atom stereocenters. The topological polar surface area (TPSA) is 46.6 Å². The van der Waals surface area contributed by atoms with Gasteiger partial charge in [0.2, 0.25) is 5.91 Å². The first-order valence-corrected chi connectivity index (χ1v) is 6.22. The minimum Gasteiger partial charge on any atom is -0.465 e. The summed E-state index contributed by atoms with van der Waals surface area (Å²) in [5.41, 5.74) is 2.02. The van der Waals surface area contributed by atoms with Crippen molar-refractivity contribution in [3.8, 4) is 0 Å². The van der Waals surface area contributed by atoms with E-state index in [-0.39, 0.29) is 17.1 Å². The molecule has 1 amide bonds. The van der Waals surface area contributed by atoms with Gasteiger partial charge in [0.1, 0.15) is 0 Å². The van der Waals surface area contributed by atoms with Crippen molar-refractivity contribution < 1.29 is 14.3 Å². The third-order valence-corrected chi connectivity index (χ3v) is 3.45. The van der Waals surface area contributed by atoms with Gasteiger partial charge >= 0.3 is 5.97 Å². The largest absolute Gasteiger partial charge is 0.465 e. The minimum atomic E-state index is -0.386. The van der Waals surface area contributed by atoms with Gasteiger partial charge < -0.3 is 9.64 Å². The molecule has 0 aliphatic carbocycles. The number of carbonyl (C=O) groups is 2. The molecular formula is C13H15NO3S. The molecule has 1 heterocycles. The summed E-state index contributed by atoms with van der Waals surface area (Å²) in [6.07, 6.45) is 0.436. The molecule has 18 heavy (non-hydrogen) atoms. The van der Waals surface area contributed by atoms with Crippen LogP contribution in [-0.4, -0.2) is 30.8 Å². The van der Waals surface area contributed by atoms with Crippen LogP contribution in [0.2, 0.25) is 0 Å². The zero-order valence-electron chi connectivity index (χ0n) is 10.3. The van der Waals surface area contributed by atoms with E-state index in [2.05, 4.69) is 12.6 Å². The number of hydrogen-bond donors (Lipinski definition) is 1. The van der Waals surface area contributed by atoms with Crippen LogP contribution in [0.1, 0.15) is 22.3 Å². The summed E-state index contributed by atoms with van der Waals surface area (Å²) in [5.74, 6) is -0.344. The van der Waals surface area contributed by atoms with Gasteiger partial charge in [-0.2, -0.15) is 12.6 Å². The van der Waals surface area contributed by atoms with Crippen LogP contribution in [0.3, 0.4) is 0 Å². The Labute approximate surface area is 111 Å². The molecule has 1 fully saturated rings. The summed E-state index contributed by atoms with van der Waals surface area (Å²) in [4.78, 5) is 25.1. The summed E-state index contributed by atoms with van der Waals surface area (Å²) >= 11 is 4.33. The number of amides is 1. The summed E-state index contributed by atoms with van der Waals surface area (Å²) in [7, 11) is 1.35. The maximum atomic E-state index is 11.8. The smallest absolute Gasteiger partial charge is 0.338 e. The predicted molar refractivity (Wildman–Crippen MR) is 72.3 cm³/mol. The molecule has 1 aromatic carbocycles. The Morgan fingerprint density at radius 1 is 1.50 bits per heavy atom. The molecule has 0 radical (unpaired) electrons. The van der Waals surface area contributed by atoms with Crippen molar-refractivity contribution in [3.63, 3.8) is 0 Å². The average molecular weight is 265 g/mol. The van der Waals surface area contributed by atoms with E-state index in [9.17, 15) is 9.59 Å². The molecule has 4 nitrogen and oxygen atoms in total. The standard InChI is InChI=1S/C13H15NO3S/c1-8-10(13(16)17-2)4-3-5-11(8)14-7-9(18)6-12(14)15/h3-5,9,18H,6-7H2,1-2H3. The van der Waals surface area contributed by atoms with Gasteiger partial charge in [-0.05, 0) is 24.6 Å². The van der Waals surface area contributed by atoms with E-state index in [4.69, 9.17) is 4.74 Å². The fourth-order valence-electron chi connectivity index (χ4n) is 2.17. The molecule has 0 N–H and O–H groups in total. The molecule has 5 heteroatoms. The lowest BCUT2D eigenvalue weighted by atomic mass is 10.1. The van der Waals surface area contributed by atoms with Crippen molar-refractivity contribution in [2.24, 2.45) is 0 Å². The molecule has 1 aliphatic rings. The van der Waals surface area contributed by atoms with Crippen LogP contribution in [0.25, 0.3) is 0 Å². The maximum Gasteiger partial charge on any atom is 0.338 e. The second kappa shape index (κ2) is 5.02. The van der Waals surface area contributed by atoms with Gasteiger partial charge in [-0.3, -0.25) is 4.79 Å². The maximum absolute atomic E-state index is 11.8. The third kappa shape index (κ3) is 2.22. The van der Waals surface area contributed by atoms with Crippen LogP contribution < -0.4 is 4.90 Å². The van der Waals surface area contributed by atoms with Crippen LogP contribution in [0.5, 0.6) is 0 Å². The number of benzene rings is 1. The number of hydrogen-bond acceptors (Lipinski definition) is 4. The lowest BCUT2D eigenvalue weighted by molar-refractivity contribution is -0.117. The second-order valence-electron chi connectivity index (χ2n) is 4.30. The Balaban J connectivity index is 2.40. The van der Waals surface area contributed by atoms with Crippen molar-refractivity contribution in [1.82, 2.24) is 0 Å². The van der Waals surface area contributed by atoms with Crippen LogP contribution in [0.4, 0.5) is 5.69 Å². The van der Waals surface area contributed by atoms with E-state index in [0.29, 0.717) is 18.5 Å². The molecule has 0 spiro atoms. The monoisotopic (exact) mass is 265 g/mol. The quantitative estimate of drug-likeness (QED) is 0.655. The lowest BCUT2D eigenvalue weighted by Gasteiger charge is -2.19. The number of methoxy groups -OCH3 is 1. The van der Waals surface area contributed by atoms with E-state index in [1.807, 2.05) is 13.0 Å². The highest BCUT2D eigenvalue weighted by atomic mass is 32.1. The van der Waals surface area contributed by atoms with Crippen molar-refractivity contribution in [2.75, 3.05) is 18.6 Å². The fraction of sp³-hybridized carbons (Fsp3) is 0.385. The first kappa shape index (κ1) is 13.0. The number of esters is 1. The van der Waals surface area contributed by atoms with Gasteiger partial charge in [0.15, 0.2) is 0 Å². The van der Waals surface area contributed by atoms with E-state index in [0.717, 1.165) is 11.3 Å². The van der Waals surface area contributed by atoms with Gasteiger partial charge in [0, 0.05) is 23.9 Å². The van der Waals surface area contributed by atoms with E-state index < -0.39 is 0 Å². The molecule has 1 unspecified atom stereocenters. The van der Waals surface area contributed by atoms with Crippen LogP contribution in [0.15, 0.2) is 18.2 Å². The van der Waals surface area contributed by atoms with Crippen molar-refractivity contribution >= 4 is 30.2 Å². The molecule has 0 aromatic heterocycles. The summed E-state index contributed by atoms with van der Waals surface area (Å²) in [6.45, 7) is 2.40. The molecule has 1 aliphatic heterocycles. The molecule has 0 bridgehead atoms. The number of carbonyl (C=O) groups excluding carboxylic acids is 2. The highest BCUT2D eigenvalue weighted by molar-refractivity contribution is 7.81. The van der Waals surface area contributed by atoms with Crippen LogP contribution in [-0.2, 0) is 9.53 Å². The van der Waals surface area contributed by atoms with E-state index >= 15 is 0 Å². The second-order valence-corrected chi connectivity index (χ2v) is 5.03. The summed E-state index contributed by atoms with van der Waals surface area (Å²) < 4.78 is 4.73. The number of rotatable bonds is 2. The zero-order valence-corrected chi connectivity index (χ0v) is 11.2. The first-order chi connectivity index (χ1) is 8.54. The number of anilines is 1.